The number of carbonyl (C=O) groups is 1. The third-order valence-electron chi connectivity index (χ3n) is 2.96. The number of benzene rings is 1. The number of hydrogen-bond donors (Lipinski definition) is 2. The Morgan fingerprint density at radius 3 is 3.10 bits per heavy atom. The molecule has 0 bridgehead atoms. The average Bonchev–Trinajstić information content (AvgIpc) is 3.13. The number of H-pyrrole nitrogens is 1. The van der Waals surface area contributed by atoms with Gasteiger partial charge in [0.25, 0.3) is 5.91 Å². The summed E-state index contributed by atoms with van der Waals surface area (Å²) in [5, 5.41) is 17.2. The van der Waals surface area contributed by atoms with Gasteiger partial charge < -0.3 is 5.32 Å². The highest BCUT2D eigenvalue weighted by molar-refractivity contribution is 5.97. The first-order valence-corrected chi connectivity index (χ1v) is 6.23. The molecule has 0 spiro atoms. The minimum absolute atomic E-state index is 0.186. The molecular weight excluding hydrogens is 258 g/mol. The van der Waals surface area contributed by atoms with Gasteiger partial charge in [-0.05, 0) is 25.1 Å². The zero-order chi connectivity index (χ0) is 13.9. The lowest BCUT2D eigenvalue weighted by Gasteiger charge is -2.03. The Balaban J connectivity index is 1.77. The number of nitrogens with zero attached hydrogens (tertiary/aromatic N) is 5. The van der Waals surface area contributed by atoms with Gasteiger partial charge in [0.1, 0.15) is 17.7 Å². The second-order valence-corrected chi connectivity index (χ2v) is 4.22. The molecule has 1 amide bonds. The SMILES string of the molecule is CCn1nnc2cc(C(=O)NCc3ncn[nH]3)ccc21. The smallest absolute Gasteiger partial charge is 0.251 e. The highest BCUT2D eigenvalue weighted by Gasteiger charge is 2.10. The summed E-state index contributed by atoms with van der Waals surface area (Å²) in [4.78, 5) is 16.0. The van der Waals surface area contributed by atoms with Crippen LogP contribution in [0.1, 0.15) is 23.1 Å². The van der Waals surface area contributed by atoms with E-state index < -0.39 is 0 Å². The molecule has 8 nitrogen and oxygen atoms in total. The van der Waals surface area contributed by atoms with Crippen LogP contribution in [-0.2, 0) is 13.1 Å². The summed E-state index contributed by atoms with van der Waals surface area (Å²) in [6, 6.07) is 5.33. The van der Waals surface area contributed by atoms with E-state index in [9.17, 15) is 4.79 Å². The highest BCUT2D eigenvalue weighted by atomic mass is 16.1. The number of nitrogens with one attached hydrogen (secondary N) is 2. The van der Waals surface area contributed by atoms with Crippen LogP contribution in [0.3, 0.4) is 0 Å². The van der Waals surface area contributed by atoms with E-state index in [1.54, 1.807) is 16.8 Å². The first-order chi connectivity index (χ1) is 9.78. The molecule has 102 valence electrons. The zero-order valence-electron chi connectivity index (χ0n) is 10.9. The van der Waals surface area contributed by atoms with Crippen LogP contribution >= 0.6 is 0 Å². The molecule has 2 N–H and O–H groups in total. The molecule has 0 fully saturated rings. The van der Waals surface area contributed by atoms with Crippen LogP contribution in [0.2, 0.25) is 0 Å². The third-order valence-corrected chi connectivity index (χ3v) is 2.96. The number of hydrogen-bond acceptors (Lipinski definition) is 5. The number of aromatic nitrogens is 6. The monoisotopic (exact) mass is 271 g/mol. The number of amides is 1. The summed E-state index contributed by atoms with van der Waals surface area (Å²) < 4.78 is 1.78. The van der Waals surface area contributed by atoms with E-state index in [0.717, 1.165) is 12.1 Å². The van der Waals surface area contributed by atoms with E-state index in [-0.39, 0.29) is 5.91 Å². The third kappa shape index (κ3) is 2.22. The molecule has 20 heavy (non-hydrogen) atoms. The normalized spacial score (nSPS) is 10.8. The minimum Gasteiger partial charge on any atom is -0.345 e. The van der Waals surface area contributed by atoms with Crippen molar-refractivity contribution < 1.29 is 4.79 Å². The maximum atomic E-state index is 12.0. The van der Waals surface area contributed by atoms with Gasteiger partial charge in [-0.2, -0.15) is 5.10 Å². The Labute approximate surface area is 114 Å². The fourth-order valence-corrected chi connectivity index (χ4v) is 1.93. The molecular formula is C12H13N7O. The van der Waals surface area contributed by atoms with Crippen LogP contribution in [0.25, 0.3) is 11.0 Å². The first kappa shape index (κ1) is 12.3. The van der Waals surface area contributed by atoms with Crippen molar-refractivity contribution in [1.82, 2.24) is 35.5 Å². The molecule has 3 aromatic rings. The number of fused-ring (bicyclic) bond motifs is 1. The number of aromatic amines is 1. The number of carbonyl (C=O) groups excluding carboxylic acids is 1. The Bertz CT molecular complexity index is 731. The largest absolute Gasteiger partial charge is 0.345 e. The average molecular weight is 271 g/mol. The van der Waals surface area contributed by atoms with Crippen LogP contribution in [-0.4, -0.2) is 36.1 Å². The van der Waals surface area contributed by atoms with Gasteiger partial charge in [0, 0.05) is 12.1 Å². The molecule has 0 saturated carbocycles. The molecule has 2 heterocycles. The van der Waals surface area contributed by atoms with E-state index in [1.807, 2.05) is 13.0 Å². The van der Waals surface area contributed by atoms with Crippen molar-refractivity contribution in [2.75, 3.05) is 0 Å². The van der Waals surface area contributed by atoms with Gasteiger partial charge >= 0.3 is 0 Å². The summed E-state index contributed by atoms with van der Waals surface area (Å²) in [5.41, 5.74) is 2.17. The topological polar surface area (TPSA) is 101 Å². The van der Waals surface area contributed by atoms with E-state index in [1.165, 1.54) is 6.33 Å². The molecule has 1 aromatic carbocycles. The van der Waals surface area contributed by atoms with Gasteiger partial charge in [-0.3, -0.25) is 9.89 Å². The maximum Gasteiger partial charge on any atom is 0.251 e. The lowest BCUT2D eigenvalue weighted by atomic mass is 10.2. The van der Waals surface area contributed by atoms with Crippen LogP contribution in [0.4, 0.5) is 0 Å². The molecule has 0 atom stereocenters. The Morgan fingerprint density at radius 1 is 1.45 bits per heavy atom. The maximum absolute atomic E-state index is 12.0. The number of rotatable bonds is 4. The predicted molar refractivity (Wildman–Crippen MR) is 70.8 cm³/mol. The van der Waals surface area contributed by atoms with E-state index in [4.69, 9.17) is 0 Å². The van der Waals surface area contributed by atoms with Gasteiger partial charge in [-0.25, -0.2) is 9.67 Å². The first-order valence-electron chi connectivity index (χ1n) is 6.23. The van der Waals surface area contributed by atoms with Crippen molar-refractivity contribution in [3.8, 4) is 0 Å². The molecule has 0 saturated heterocycles. The van der Waals surface area contributed by atoms with Crippen LogP contribution in [0.15, 0.2) is 24.5 Å². The van der Waals surface area contributed by atoms with E-state index in [0.29, 0.717) is 23.4 Å². The fraction of sp³-hybridized carbons (Fsp3) is 0.250. The van der Waals surface area contributed by atoms with Gasteiger partial charge in [0.15, 0.2) is 0 Å². The molecule has 0 aliphatic carbocycles. The molecule has 8 heteroatoms. The van der Waals surface area contributed by atoms with Crippen LogP contribution in [0, 0.1) is 0 Å². The summed E-state index contributed by atoms with van der Waals surface area (Å²) >= 11 is 0. The van der Waals surface area contributed by atoms with Gasteiger partial charge in [-0.15, -0.1) is 5.10 Å². The minimum atomic E-state index is -0.186. The lowest BCUT2D eigenvalue weighted by molar-refractivity contribution is 0.0950. The van der Waals surface area contributed by atoms with Crippen molar-refractivity contribution in [1.29, 1.82) is 0 Å². The van der Waals surface area contributed by atoms with E-state index in [2.05, 4.69) is 30.8 Å². The van der Waals surface area contributed by atoms with Gasteiger partial charge in [-0.1, -0.05) is 5.21 Å². The van der Waals surface area contributed by atoms with Gasteiger partial charge in [0.2, 0.25) is 0 Å². The molecule has 2 aromatic heterocycles. The highest BCUT2D eigenvalue weighted by Crippen LogP contribution is 2.13. The summed E-state index contributed by atoms with van der Waals surface area (Å²) in [5.74, 6) is 0.422. The molecule has 0 radical (unpaired) electrons. The summed E-state index contributed by atoms with van der Waals surface area (Å²) in [7, 11) is 0. The second-order valence-electron chi connectivity index (χ2n) is 4.22. The van der Waals surface area contributed by atoms with Crippen molar-refractivity contribution in [2.45, 2.75) is 20.0 Å². The summed E-state index contributed by atoms with van der Waals surface area (Å²) in [6.07, 6.45) is 1.40. The lowest BCUT2D eigenvalue weighted by Crippen LogP contribution is -2.23. The van der Waals surface area contributed by atoms with Crippen molar-refractivity contribution >= 4 is 16.9 Å². The standard InChI is InChI=1S/C12H13N7O/c1-2-19-10-4-3-8(5-9(10)16-18-19)12(20)13-6-11-14-7-15-17-11/h3-5,7H,2,6H2,1H3,(H,13,20)(H,14,15,17). The zero-order valence-corrected chi connectivity index (χ0v) is 10.9. The van der Waals surface area contributed by atoms with Crippen LogP contribution < -0.4 is 5.32 Å². The molecule has 3 rings (SSSR count). The predicted octanol–water partition coefficient (Wildman–Crippen LogP) is 0.499. The molecule has 0 unspecified atom stereocenters. The van der Waals surface area contributed by atoms with Crippen molar-refractivity contribution in [2.24, 2.45) is 0 Å². The Kier molecular flexibility index (Phi) is 3.12. The molecule has 0 aliphatic heterocycles. The Hall–Kier alpha value is -2.77. The van der Waals surface area contributed by atoms with Crippen molar-refractivity contribution in [3.63, 3.8) is 0 Å². The van der Waals surface area contributed by atoms with E-state index >= 15 is 0 Å². The Morgan fingerprint density at radius 2 is 2.35 bits per heavy atom. The van der Waals surface area contributed by atoms with Crippen LogP contribution in [0.5, 0.6) is 0 Å². The number of aryl methyl sites for hydroxylation is 1. The van der Waals surface area contributed by atoms with Gasteiger partial charge in [0.05, 0.1) is 12.1 Å². The summed E-state index contributed by atoms with van der Waals surface area (Å²) in [6.45, 7) is 3.04. The van der Waals surface area contributed by atoms with Crippen molar-refractivity contribution in [3.05, 3.63) is 35.9 Å². The fourth-order valence-electron chi connectivity index (χ4n) is 1.93. The molecule has 0 aliphatic rings. The second kappa shape index (κ2) is 5.08. The quantitative estimate of drug-likeness (QED) is 0.719.